The van der Waals surface area contributed by atoms with Crippen molar-refractivity contribution in [3.05, 3.63) is 0 Å². The third-order valence-electron chi connectivity index (χ3n) is 3.89. The molecule has 0 radical (unpaired) electrons. The minimum atomic E-state index is 0.341. The van der Waals surface area contributed by atoms with E-state index in [9.17, 15) is 0 Å². The van der Waals surface area contributed by atoms with Gasteiger partial charge in [0.1, 0.15) is 0 Å². The van der Waals surface area contributed by atoms with Gasteiger partial charge in [-0.25, -0.2) is 0 Å². The van der Waals surface area contributed by atoms with Gasteiger partial charge in [0.2, 0.25) is 0 Å². The average Bonchev–Trinajstić information content (AvgIpc) is 2.20. The highest BCUT2D eigenvalue weighted by Gasteiger charge is 2.26. The van der Waals surface area contributed by atoms with Crippen molar-refractivity contribution in [2.45, 2.75) is 44.7 Å². The van der Waals surface area contributed by atoms with E-state index in [0.29, 0.717) is 6.04 Å². The summed E-state index contributed by atoms with van der Waals surface area (Å²) in [5, 5.41) is 0. The molecule has 2 atom stereocenters. The van der Waals surface area contributed by atoms with Crippen LogP contribution in [0.3, 0.4) is 0 Å². The van der Waals surface area contributed by atoms with Crippen LogP contribution in [-0.4, -0.2) is 56.1 Å². The van der Waals surface area contributed by atoms with Crippen molar-refractivity contribution in [3.63, 3.8) is 0 Å². The van der Waals surface area contributed by atoms with Crippen LogP contribution in [-0.2, 0) is 0 Å². The Bertz CT molecular complexity index is 184. The van der Waals surface area contributed by atoms with Crippen LogP contribution in [0.1, 0.15) is 32.6 Å². The van der Waals surface area contributed by atoms with Crippen molar-refractivity contribution in [2.24, 2.45) is 11.7 Å². The van der Waals surface area contributed by atoms with E-state index in [1.807, 2.05) is 0 Å². The van der Waals surface area contributed by atoms with Crippen LogP contribution in [0, 0.1) is 5.92 Å². The number of piperidine rings is 1. The van der Waals surface area contributed by atoms with Crippen LogP contribution in [0.15, 0.2) is 0 Å². The number of likely N-dealkylation sites (tertiary alicyclic amines) is 1. The van der Waals surface area contributed by atoms with E-state index in [1.54, 1.807) is 0 Å². The summed E-state index contributed by atoms with van der Waals surface area (Å²) < 4.78 is 0. The van der Waals surface area contributed by atoms with E-state index in [4.69, 9.17) is 5.73 Å². The molecule has 3 nitrogen and oxygen atoms in total. The Morgan fingerprint density at radius 2 is 1.81 bits per heavy atom. The summed E-state index contributed by atoms with van der Waals surface area (Å²) in [6, 6.07) is 1.06. The molecule has 0 aliphatic carbocycles. The normalized spacial score (nSPS) is 23.6. The second kappa shape index (κ2) is 6.58. The summed E-state index contributed by atoms with van der Waals surface area (Å²) in [5.74, 6) is 0.866. The topological polar surface area (TPSA) is 32.5 Å². The highest BCUT2D eigenvalue weighted by molar-refractivity contribution is 4.81. The third-order valence-corrected chi connectivity index (χ3v) is 3.89. The second-order valence-electron chi connectivity index (χ2n) is 5.73. The average molecular weight is 227 g/mol. The van der Waals surface area contributed by atoms with E-state index in [1.165, 1.54) is 32.4 Å². The maximum atomic E-state index is 5.87. The van der Waals surface area contributed by atoms with Crippen molar-refractivity contribution in [1.29, 1.82) is 0 Å². The van der Waals surface area contributed by atoms with Gasteiger partial charge >= 0.3 is 0 Å². The Morgan fingerprint density at radius 1 is 1.25 bits per heavy atom. The monoisotopic (exact) mass is 227 g/mol. The van der Waals surface area contributed by atoms with E-state index >= 15 is 0 Å². The largest absolute Gasteiger partial charge is 0.328 e. The van der Waals surface area contributed by atoms with Gasteiger partial charge in [-0.05, 0) is 72.8 Å². The van der Waals surface area contributed by atoms with Crippen molar-refractivity contribution in [3.8, 4) is 0 Å². The zero-order valence-corrected chi connectivity index (χ0v) is 11.4. The Balaban J connectivity index is 2.43. The van der Waals surface area contributed by atoms with Gasteiger partial charge in [0.05, 0.1) is 0 Å². The Hall–Kier alpha value is -0.120. The van der Waals surface area contributed by atoms with Gasteiger partial charge in [-0.1, -0.05) is 0 Å². The van der Waals surface area contributed by atoms with Crippen molar-refractivity contribution < 1.29 is 0 Å². The van der Waals surface area contributed by atoms with Crippen LogP contribution >= 0.6 is 0 Å². The molecule has 1 heterocycles. The molecule has 16 heavy (non-hydrogen) atoms. The molecule has 0 aromatic carbocycles. The molecule has 3 heteroatoms. The molecule has 0 spiro atoms. The van der Waals surface area contributed by atoms with Crippen molar-refractivity contribution in [1.82, 2.24) is 9.80 Å². The molecule has 0 aromatic heterocycles. The Labute approximate surface area is 101 Å². The van der Waals surface area contributed by atoms with E-state index in [0.717, 1.165) is 18.4 Å². The molecule has 2 unspecified atom stereocenters. The zero-order chi connectivity index (χ0) is 12.1. The fourth-order valence-corrected chi connectivity index (χ4v) is 2.76. The third kappa shape index (κ3) is 4.40. The van der Waals surface area contributed by atoms with Gasteiger partial charge < -0.3 is 15.5 Å². The van der Waals surface area contributed by atoms with Crippen molar-refractivity contribution in [2.75, 3.05) is 34.2 Å². The quantitative estimate of drug-likeness (QED) is 0.770. The number of hydrogen-bond donors (Lipinski definition) is 1. The van der Waals surface area contributed by atoms with E-state index in [2.05, 4.69) is 37.9 Å². The first-order valence-corrected chi connectivity index (χ1v) is 6.61. The molecule has 0 amide bonds. The molecule has 2 N–H and O–H groups in total. The summed E-state index contributed by atoms with van der Waals surface area (Å²) >= 11 is 0. The van der Waals surface area contributed by atoms with Gasteiger partial charge in [-0.15, -0.1) is 0 Å². The lowest BCUT2D eigenvalue weighted by molar-refractivity contribution is 0.122. The molecule has 1 rings (SSSR count). The standard InChI is InChI=1S/C13H29N3/c1-11(14)5-6-13(15(2)3)12-7-9-16(4)10-8-12/h11-13H,5-10,14H2,1-4H3. The molecule has 0 aromatic rings. The molecule has 1 aliphatic rings. The fourth-order valence-electron chi connectivity index (χ4n) is 2.76. The first kappa shape index (κ1) is 13.9. The minimum absolute atomic E-state index is 0.341. The summed E-state index contributed by atoms with van der Waals surface area (Å²) in [5.41, 5.74) is 5.87. The van der Waals surface area contributed by atoms with Gasteiger partial charge in [-0.2, -0.15) is 0 Å². The number of nitrogens with zero attached hydrogens (tertiary/aromatic N) is 2. The molecular formula is C13H29N3. The lowest BCUT2D eigenvalue weighted by atomic mass is 9.86. The highest BCUT2D eigenvalue weighted by atomic mass is 15.1. The molecule has 1 fully saturated rings. The molecule has 0 bridgehead atoms. The Morgan fingerprint density at radius 3 is 2.25 bits per heavy atom. The zero-order valence-electron chi connectivity index (χ0n) is 11.4. The first-order valence-electron chi connectivity index (χ1n) is 6.61. The van der Waals surface area contributed by atoms with Crippen LogP contribution in [0.4, 0.5) is 0 Å². The van der Waals surface area contributed by atoms with Gasteiger partial charge in [0, 0.05) is 12.1 Å². The lowest BCUT2D eigenvalue weighted by Crippen LogP contribution is -2.42. The van der Waals surface area contributed by atoms with E-state index < -0.39 is 0 Å². The first-order chi connectivity index (χ1) is 7.50. The predicted molar refractivity (Wildman–Crippen MR) is 70.6 cm³/mol. The fraction of sp³-hybridized carbons (Fsp3) is 1.00. The SMILES string of the molecule is CC(N)CCC(C1CCN(C)CC1)N(C)C. The number of hydrogen-bond acceptors (Lipinski definition) is 3. The molecule has 0 saturated carbocycles. The summed E-state index contributed by atoms with van der Waals surface area (Å²) in [6.45, 7) is 4.63. The molecule has 1 saturated heterocycles. The van der Waals surface area contributed by atoms with Gasteiger partial charge in [0.25, 0.3) is 0 Å². The maximum Gasteiger partial charge on any atom is 0.0119 e. The molecular weight excluding hydrogens is 198 g/mol. The summed E-state index contributed by atoms with van der Waals surface area (Å²) in [7, 11) is 6.65. The predicted octanol–water partition coefficient (Wildman–Crippen LogP) is 1.39. The smallest absolute Gasteiger partial charge is 0.0119 e. The Kier molecular flexibility index (Phi) is 5.73. The van der Waals surface area contributed by atoms with Crippen LogP contribution < -0.4 is 5.73 Å². The molecule has 96 valence electrons. The van der Waals surface area contributed by atoms with E-state index in [-0.39, 0.29) is 0 Å². The summed E-state index contributed by atoms with van der Waals surface area (Å²) in [4.78, 5) is 4.84. The lowest BCUT2D eigenvalue weighted by Gasteiger charge is -2.38. The minimum Gasteiger partial charge on any atom is -0.328 e. The number of rotatable bonds is 5. The van der Waals surface area contributed by atoms with Crippen LogP contribution in [0.2, 0.25) is 0 Å². The molecule has 1 aliphatic heterocycles. The number of nitrogens with two attached hydrogens (primary N) is 1. The summed E-state index contributed by atoms with van der Waals surface area (Å²) in [6.07, 6.45) is 5.09. The highest BCUT2D eigenvalue weighted by Crippen LogP contribution is 2.25. The second-order valence-corrected chi connectivity index (χ2v) is 5.73. The van der Waals surface area contributed by atoms with Crippen LogP contribution in [0.5, 0.6) is 0 Å². The van der Waals surface area contributed by atoms with Crippen molar-refractivity contribution >= 4 is 0 Å². The van der Waals surface area contributed by atoms with Gasteiger partial charge in [0.15, 0.2) is 0 Å². The van der Waals surface area contributed by atoms with Gasteiger partial charge in [-0.3, -0.25) is 0 Å². The maximum absolute atomic E-state index is 5.87. The van der Waals surface area contributed by atoms with Crippen LogP contribution in [0.25, 0.3) is 0 Å².